The van der Waals surface area contributed by atoms with Gasteiger partial charge < -0.3 is 21.3 Å². The van der Waals surface area contributed by atoms with Crippen LogP contribution < -0.4 is 11.1 Å². The zero-order valence-electron chi connectivity index (χ0n) is 8.94. The van der Waals surface area contributed by atoms with Crippen LogP contribution in [-0.2, 0) is 0 Å². The normalized spacial score (nSPS) is 13.9. The van der Waals surface area contributed by atoms with Gasteiger partial charge in [0.2, 0.25) is 0 Å². The van der Waals surface area contributed by atoms with Crippen LogP contribution in [0.5, 0.6) is 0 Å². The van der Waals surface area contributed by atoms with Crippen molar-refractivity contribution in [2.24, 2.45) is 0 Å². The third-order valence-corrected chi connectivity index (χ3v) is 2.01. The maximum absolute atomic E-state index is 9.55. The van der Waals surface area contributed by atoms with Gasteiger partial charge in [-0.1, -0.05) is 0 Å². The van der Waals surface area contributed by atoms with Gasteiger partial charge in [0.15, 0.2) is 0 Å². The lowest BCUT2D eigenvalue weighted by atomic mass is 10.1. The first-order valence-electron chi connectivity index (χ1n) is 4.71. The number of nitriles is 1. The maximum Gasteiger partial charge on any atom is 0.144 e. The second-order valence-electron chi connectivity index (χ2n) is 3.79. The van der Waals surface area contributed by atoms with E-state index in [0.29, 0.717) is 17.1 Å². The third kappa shape index (κ3) is 3.08. The molecule has 0 aliphatic rings. The molecular weight excluding hydrogens is 208 g/mol. The predicted molar refractivity (Wildman–Crippen MR) is 59.6 cm³/mol. The van der Waals surface area contributed by atoms with Gasteiger partial charge in [-0.05, 0) is 13.0 Å². The molecule has 1 unspecified atom stereocenters. The van der Waals surface area contributed by atoms with Crippen LogP contribution in [0, 0.1) is 11.3 Å². The predicted octanol–water partition coefficient (Wildman–Crippen LogP) is -0.309. The summed E-state index contributed by atoms with van der Waals surface area (Å²) >= 11 is 0. The number of nitrogens with zero attached hydrogens (tertiary/aromatic N) is 2. The van der Waals surface area contributed by atoms with Gasteiger partial charge in [0.1, 0.15) is 17.5 Å². The first kappa shape index (κ1) is 12.2. The number of rotatable bonds is 4. The molecule has 0 amide bonds. The molecule has 0 saturated carbocycles. The Hall–Kier alpha value is -1.84. The Morgan fingerprint density at radius 3 is 2.94 bits per heavy atom. The molecule has 0 bridgehead atoms. The second-order valence-corrected chi connectivity index (χ2v) is 3.79. The van der Waals surface area contributed by atoms with Gasteiger partial charge in [-0.3, -0.25) is 0 Å². The van der Waals surface area contributed by atoms with Crippen molar-refractivity contribution in [3.8, 4) is 6.07 Å². The van der Waals surface area contributed by atoms with Crippen molar-refractivity contribution in [2.75, 3.05) is 24.2 Å². The van der Waals surface area contributed by atoms with E-state index in [1.54, 1.807) is 0 Å². The molecule has 16 heavy (non-hydrogen) atoms. The molecule has 6 nitrogen and oxygen atoms in total. The minimum atomic E-state index is -1.25. The van der Waals surface area contributed by atoms with Crippen LogP contribution in [0.3, 0.4) is 0 Å². The standard InChI is InChI=1S/C10H14N4O2/c1-10(16,6-15)5-14-9-7(3-11)2-8(12)4-13-9/h2,4,15-16H,5-6,12H2,1H3,(H,13,14). The Bertz CT molecular complexity index is 412. The van der Waals surface area contributed by atoms with E-state index in [-0.39, 0.29) is 13.2 Å². The van der Waals surface area contributed by atoms with Gasteiger partial charge in [0.05, 0.1) is 24.1 Å². The van der Waals surface area contributed by atoms with Crippen molar-refractivity contribution in [2.45, 2.75) is 12.5 Å². The maximum atomic E-state index is 9.55. The minimum absolute atomic E-state index is 0.0924. The second kappa shape index (κ2) is 4.79. The van der Waals surface area contributed by atoms with Crippen LogP contribution in [0.4, 0.5) is 11.5 Å². The van der Waals surface area contributed by atoms with Gasteiger partial charge in [-0.2, -0.15) is 5.26 Å². The summed E-state index contributed by atoms with van der Waals surface area (Å²) in [6.07, 6.45) is 1.41. The summed E-state index contributed by atoms with van der Waals surface area (Å²) in [4.78, 5) is 3.94. The zero-order chi connectivity index (χ0) is 12.2. The first-order chi connectivity index (χ1) is 7.48. The third-order valence-electron chi connectivity index (χ3n) is 2.01. The summed E-state index contributed by atoms with van der Waals surface area (Å²) in [5, 5.41) is 30.0. The quantitative estimate of drug-likeness (QED) is 0.555. The molecule has 0 aliphatic carbocycles. The molecule has 0 radical (unpaired) electrons. The van der Waals surface area contributed by atoms with Crippen LogP contribution in [0.25, 0.3) is 0 Å². The summed E-state index contributed by atoms with van der Waals surface area (Å²) in [6, 6.07) is 3.43. The highest BCUT2D eigenvalue weighted by Gasteiger charge is 2.19. The zero-order valence-corrected chi connectivity index (χ0v) is 8.94. The van der Waals surface area contributed by atoms with Gasteiger partial charge in [-0.15, -0.1) is 0 Å². The molecule has 0 saturated heterocycles. The Morgan fingerprint density at radius 1 is 1.69 bits per heavy atom. The number of pyridine rings is 1. The molecule has 1 rings (SSSR count). The summed E-state index contributed by atoms with van der Waals surface area (Å²) in [5.74, 6) is 0.338. The van der Waals surface area contributed by atoms with Crippen molar-refractivity contribution in [3.05, 3.63) is 17.8 Å². The molecule has 1 heterocycles. The average molecular weight is 222 g/mol. The van der Waals surface area contributed by atoms with Crippen LogP contribution in [0.15, 0.2) is 12.3 Å². The topological polar surface area (TPSA) is 115 Å². The highest BCUT2D eigenvalue weighted by Crippen LogP contribution is 2.15. The fourth-order valence-electron chi connectivity index (χ4n) is 1.04. The molecule has 0 spiro atoms. The largest absolute Gasteiger partial charge is 0.397 e. The van der Waals surface area contributed by atoms with Crippen molar-refractivity contribution in [3.63, 3.8) is 0 Å². The molecule has 86 valence electrons. The highest BCUT2D eigenvalue weighted by molar-refractivity contribution is 5.57. The van der Waals surface area contributed by atoms with Crippen molar-refractivity contribution in [1.82, 2.24) is 4.98 Å². The Balaban J connectivity index is 2.79. The summed E-state index contributed by atoms with van der Waals surface area (Å²) in [6.45, 7) is 1.19. The smallest absolute Gasteiger partial charge is 0.144 e. The molecule has 1 aromatic heterocycles. The van der Waals surface area contributed by atoms with E-state index in [1.807, 2.05) is 6.07 Å². The lowest BCUT2D eigenvalue weighted by Crippen LogP contribution is -2.37. The molecule has 0 aliphatic heterocycles. The minimum Gasteiger partial charge on any atom is -0.397 e. The van der Waals surface area contributed by atoms with Crippen LogP contribution in [0.1, 0.15) is 12.5 Å². The Labute approximate surface area is 93.3 Å². The molecule has 1 aromatic rings. The van der Waals surface area contributed by atoms with Crippen LogP contribution >= 0.6 is 0 Å². The number of aliphatic hydroxyl groups excluding tert-OH is 1. The number of aliphatic hydroxyl groups is 2. The molecular formula is C10H14N4O2. The summed E-state index contributed by atoms with van der Waals surface area (Å²) < 4.78 is 0. The number of nitrogens with two attached hydrogens (primary N) is 1. The van der Waals surface area contributed by atoms with E-state index < -0.39 is 5.60 Å². The van der Waals surface area contributed by atoms with E-state index >= 15 is 0 Å². The number of nitrogens with one attached hydrogen (secondary N) is 1. The number of aromatic nitrogens is 1. The van der Waals surface area contributed by atoms with Crippen molar-refractivity contribution < 1.29 is 10.2 Å². The van der Waals surface area contributed by atoms with Crippen LogP contribution in [0.2, 0.25) is 0 Å². The fraction of sp³-hybridized carbons (Fsp3) is 0.400. The van der Waals surface area contributed by atoms with E-state index in [1.165, 1.54) is 19.2 Å². The highest BCUT2D eigenvalue weighted by atomic mass is 16.3. The molecule has 5 N–H and O–H groups in total. The molecule has 1 atom stereocenters. The SMILES string of the molecule is CC(O)(CO)CNc1ncc(N)cc1C#N. The Kier molecular flexibility index (Phi) is 3.66. The average Bonchev–Trinajstić information content (AvgIpc) is 2.27. The lowest BCUT2D eigenvalue weighted by molar-refractivity contribution is 0.0131. The van der Waals surface area contributed by atoms with Gasteiger partial charge in [0, 0.05) is 6.54 Å². The Morgan fingerprint density at radius 2 is 2.38 bits per heavy atom. The van der Waals surface area contributed by atoms with E-state index in [9.17, 15) is 5.11 Å². The van der Waals surface area contributed by atoms with E-state index in [4.69, 9.17) is 16.1 Å². The fourth-order valence-corrected chi connectivity index (χ4v) is 1.04. The first-order valence-corrected chi connectivity index (χ1v) is 4.71. The monoisotopic (exact) mass is 222 g/mol. The van der Waals surface area contributed by atoms with Crippen molar-refractivity contribution >= 4 is 11.5 Å². The van der Waals surface area contributed by atoms with Crippen molar-refractivity contribution in [1.29, 1.82) is 5.26 Å². The molecule has 0 aromatic carbocycles. The molecule has 0 fully saturated rings. The summed E-state index contributed by atoms with van der Waals surface area (Å²) in [7, 11) is 0. The number of hydrogen-bond donors (Lipinski definition) is 4. The summed E-state index contributed by atoms with van der Waals surface area (Å²) in [5.41, 5.74) is 4.93. The number of nitrogen functional groups attached to an aromatic ring is 1. The van der Waals surface area contributed by atoms with E-state index in [2.05, 4.69) is 10.3 Å². The van der Waals surface area contributed by atoms with Crippen LogP contribution in [-0.4, -0.2) is 33.9 Å². The molecule has 6 heteroatoms. The lowest BCUT2D eigenvalue weighted by Gasteiger charge is -2.21. The number of anilines is 2. The number of hydrogen-bond acceptors (Lipinski definition) is 6. The van der Waals surface area contributed by atoms with Gasteiger partial charge >= 0.3 is 0 Å². The van der Waals surface area contributed by atoms with Gasteiger partial charge in [-0.25, -0.2) is 4.98 Å². The van der Waals surface area contributed by atoms with Gasteiger partial charge in [0.25, 0.3) is 0 Å². The van der Waals surface area contributed by atoms with E-state index in [0.717, 1.165) is 0 Å².